The van der Waals surface area contributed by atoms with Crippen LogP contribution in [0.2, 0.25) is 0 Å². The SMILES string of the molecule is O=Cc1ccccc1N(Cc1ccccc1)C(=O)N(Cc1ccccc1)c1ccccc1. The van der Waals surface area contributed by atoms with E-state index >= 15 is 0 Å². The van der Waals surface area contributed by atoms with Crippen LogP contribution in [0.3, 0.4) is 0 Å². The molecular formula is C28H24N2O2. The first-order valence-electron chi connectivity index (χ1n) is 10.5. The molecule has 0 fully saturated rings. The fourth-order valence-corrected chi connectivity index (χ4v) is 3.64. The molecule has 4 aromatic rings. The third kappa shape index (κ3) is 4.93. The largest absolute Gasteiger partial charge is 0.329 e. The summed E-state index contributed by atoms with van der Waals surface area (Å²) in [5.74, 6) is 0. The average molecular weight is 421 g/mol. The quantitative estimate of drug-likeness (QED) is 0.328. The lowest BCUT2D eigenvalue weighted by Gasteiger charge is -2.32. The van der Waals surface area contributed by atoms with E-state index in [-0.39, 0.29) is 6.03 Å². The predicted molar refractivity (Wildman–Crippen MR) is 129 cm³/mol. The van der Waals surface area contributed by atoms with Crippen LogP contribution in [0.4, 0.5) is 16.2 Å². The molecule has 4 rings (SSSR count). The molecule has 0 bridgehead atoms. The molecule has 2 amide bonds. The highest BCUT2D eigenvalue weighted by atomic mass is 16.2. The molecule has 4 aromatic carbocycles. The van der Waals surface area contributed by atoms with Crippen molar-refractivity contribution in [3.8, 4) is 0 Å². The van der Waals surface area contributed by atoms with E-state index in [2.05, 4.69) is 0 Å². The van der Waals surface area contributed by atoms with Crippen molar-refractivity contribution < 1.29 is 9.59 Å². The van der Waals surface area contributed by atoms with Crippen LogP contribution >= 0.6 is 0 Å². The maximum absolute atomic E-state index is 14.1. The Morgan fingerprint density at radius 2 is 1.06 bits per heavy atom. The summed E-state index contributed by atoms with van der Waals surface area (Å²) in [6.07, 6.45) is 0.796. The van der Waals surface area contributed by atoms with Crippen LogP contribution in [0.15, 0.2) is 115 Å². The van der Waals surface area contributed by atoms with E-state index in [1.165, 1.54) is 0 Å². The molecule has 4 heteroatoms. The van der Waals surface area contributed by atoms with Gasteiger partial charge in [0.1, 0.15) is 0 Å². The molecule has 0 aliphatic rings. The van der Waals surface area contributed by atoms with Gasteiger partial charge >= 0.3 is 6.03 Å². The van der Waals surface area contributed by atoms with Gasteiger partial charge in [-0.05, 0) is 35.4 Å². The molecule has 32 heavy (non-hydrogen) atoms. The summed E-state index contributed by atoms with van der Waals surface area (Å²) in [7, 11) is 0. The highest BCUT2D eigenvalue weighted by Crippen LogP contribution is 2.26. The summed E-state index contributed by atoms with van der Waals surface area (Å²) in [6, 6.07) is 36.3. The molecule has 0 aliphatic heterocycles. The number of nitrogens with zero attached hydrogens (tertiary/aromatic N) is 2. The molecule has 0 aliphatic carbocycles. The Balaban J connectivity index is 1.77. The minimum Gasteiger partial charge on any atom is -0.298 e. The summed E-state index contributed by atoms with van der Waals surface area (Å²) in [5.41, 5.74) is 3.86. The zero-order chi connectivity index (χ0) is 22.2. The van der Waals surface area contributed by atoms with Gasteiger partial charge in [-0.25, -0.2) is 4.79 Å². The Labute approximate surface area is 188 Å². The minimum atomic E-state index is -0.196. The molecular weight excluding hydrogens is 396 g/mol. The highest BCUT2D eigenvalue weighted by Gasteiger charge is 2.26. The van der Waals surface area contributed by atoms with E-state index in [4.69, 9.17) is 0 Å². The summed E-state index contributed by atoms with van der Waals surface area (Å²) in [4.78, 5) is 29.3. The van der Waals surface area contributed by atoms with Gasteiger partial charge in [-0.2, -0.15) is 0 Å². The Morgan fingerprint density at radius 3 is 1.62 bits per heavy atom. The van der Waals surface area contributed by atoms with Gasteiger partial charge in [0.25, 0.3) is 0 Å². The Hall–Kier alpha value is -4.18. The number of rotatable bonds is 7. The van der Waals surface area contributed by atoms with Gasteiger partial charge in [-0.15, -0.1) is 0 Å². The summed E-state index contributed by atoms with van der Waals surface area (Å²) >= 11 is 0. The van der Waals surface area contributed by atoms with E-state index < -0.39 is 0 Å². The van der Waals surface area contributed by atoms with Crippen molar-refractivity contribution in [2.24, 2.45) is 0 Å². The van der Waals surface area contributed by atoms with E-state index in [1.54, 1.807) is 21.9 Å². The Bertz CT molecular complexity index is 1160. The van der Waals surface area contributed by atoms with Crippen molar-refractivity contribution in [1.29, 1.82) is 0 Å². The number of carbonyl (C=O) groups excluding carboxylic acids is 2. The van der Waals surface area contributed by atoms with Gasteiger partial charge in [0.05, 0.1) is 18.8 Å². The number of hydrogen-bond donors (Lipinski definition) is 0. The first-order valence-corrected chi connectivity index (χ1v) is 10.5. The van der Waals surface area contributed by atoms with Crippen molar-refractivity contribution in [3.63, 3.8) is 0 Å². The molecule has 0 aromatic heterocycles. The number of para-hydroxylation sites is 2. The van der Waals surface area contributed by atoms with Crippen LogP contribution in [0.5, 0.6) is 0 Å². The summed E-state index contributed by atoms with van der Waals surface area (Å²) in [5, 5.41) is 0. The number of hydrogen-bond acceptors (Lipinski definition) is 2. The van der Waals surface area contributed by atoms with E-state index in [1.807, 2.05) is 103 Å². The number of aldehydes is 1. The van der Waals surface area contributed by atoms with Crippen molar-refractivity contribution in [2.45, 2.75) is 13.1 Å². The highest BCUT2D eigenvalue weighted by molar-refractivity contribution is 6.05. The Kier molecular flexibility index (Phi) is 6.73. The lowest BCUT2D eigenvalue weighted by Crippen LogP contribution is -2.43. The fraction of sp³-hybridized carbons (Fsp3) is 0.0714. The normalized spacial score (nSPS) is 10.4. The monoisotopic (exact) mass is 420 g/mol. The smallest absolute Gasteiger partial charge is 0.298 e. The van der Waals surface area contributed by atoms with Crippen LogP contribution in [0.1, 0.15) is 21.5 Å². The topological polar surface area (TPSA) is 40.6 Å². The average Bonchev–Trinajstić information content (AvgIpc) is 2.87. The van der Waals surface area contributed by atoms with Crippen LogP contribution < -0.4 is 9.80 Å². The van der Waals surface area contributed by atoms with E-state index in [0.717, 1.165) is 23.1 Å². The first-order chi connectivity index (χ1) is 15.8. The molecule has 0 spiro atoms. The third-order valence-electron chi connectivity index (χ3n) is 5.25. The standard InChI is InChI=1S/C28H24N2O2/c31-22-25-16-10-11-19-27(25)30(21-24-14-6-2-7-15-24)28(32)29(26-17-8-3-9-18-26)20-23-12-4-1-5-13-23/h1-19,22H,20-21H2. The van der Waals surface area contributed by atoms with Crippen molar-refractivity contribution in [3.05, 3.63) is 132 Å². The lowest BCUT2D eigenvalue weighted by molar-refractivity contribution is 0.112. The van der Waals surface area contributed by atoms with Gasteiger partial charge in [-0.3, -0.25) is 14.6 Å². The molecule has 158 valence electrons. The van der Waals surface area contributed by atoms with Crippen LogP contribution in [-0.4, -0.2) is 12.3 Å². The Morgan fingerprint density at radius 1 is 0.594 bits per heavy atom. The van der Waals surface area contributed by atoms with E-state index in [0.29, 0.717) is 24.3 Å². The van der Waals surface area contributed by atoms with Gasteiger partial charge in [0.15, 0.2) is 6.29 Å². The molecule has 0 atom stereocenters. The van der Waals surface area contributed by atoms with Gasteiger partial charge in [0, 0.05) is 11.3 Å². The van der Waals surface area contributed by atoms with Gasteiger partial charge in [-0.1, -0.05) is 91.0 Å². The number of benzene rings is 4. The lowest BCUT2D eigenvalue weighted by atomic mass is 10.1. The van der Waals surface area contributed by atoms with Crippen molar-refractivity contribution >= 4 is 23.7 Å². The predicted octanol–water partition coefficient (Wildman–Crippen LogP) is 6.33. The summed E-state index contributed by atoms with van der Waals surface area (Å²) in [6.45, 7) is 0.765. The maximum Gasteiger partial charge on any atom is 0.329 e. The zero-order valence-electron chi connectivity index (χ0n) is 17.7. The molecule has 0 unspecified atom stereocenters. The second-order valence-electron chi connectivity index (χ2n) is 7.44. The van der Waals surface area contributed by atoms with Crippen LogP contribution in [0.25, 0.3) is 0 Å². The van der Waals surface area contributed by atoms with Crippen LogP contribution in [-0.2, 0) is 13.1 Å². The van der Waals surface area contributed by atoms with E-state index in [9.17, 15) is 9.59 Å². The number of anilines is 2. The zero-order valence-corrected chi connectivity index (χ0v) is 17.7. The number of carbonyl (C=O) groups is 2. The maximum atomic E-state index is 14.1. The molecule has 0 N–H and O–H groups in total. The van der Waals surface area contributed by atoms with Crippen molar-refractivity contribution in [1.82, 2.24) is 0 Å². The second kappa shape index (κ2) is 10.2. The summed E-state index contributed by atoms with van der Waals surface area (Å²) < 4.78 is 0. The molecule has 0 radical (unpaired) electrons. The first kappa shape index (κ1) is 21.1. The number of urea groups is 1. The van der Waals surface area contributed by atoms with Crippen LogP contribution in [0, 0.1) is 0 Å². The van der Waals surface area contributed by atoms with Gasteiger partial charge < -0.3 is 0 Å². The molecule has 0 saturated heterocycles. The minimum absolute atomic E-state index is 0.196. The molecule has 4 nitrogen and oxygen atoms in total. The van der Waals surface area contributed by atoms with Gasteiger partial charge in [0.2, 0.25) is 0 Å². The molecule has 0 saturated carbocycles. The number of amides is 2. The van der Waals surface area contributed by atoms with Crippen molar-refractivity contribution in [2.75, 3.05) is 9.80 Å². The molecule has 0 heterocycles. The fourth-order valence-electron chi connectivity index (χ4n) is 3.64. The second-order valence-corrected chi connectivity index (χ2v) is 7.44. The third-order valence-corrected chi connectivity index (χ3v) is 5.25.